The predicted molar refractivity (Wildman–Crippen MR) is 86.4 cm³/mol. The zero-order chi connectivity index (χ0) is 15.5. The van der Waals surface area contributed by atoms with Gasteiger partial charge in [0, 0.05) is 29.5 Å². The normalized spacial score (nSPS) is 13.7. The number of carbonyl (C=O) groups excluding carboxylic acids is 2. The summed E-state index contributed by atoms with van der Waals surface area (Å²) < 4.78 is 0. The summed E-state index contributed by atoms with van der Waals surface area (Å²) >= 11 is 1.54. The van der Waals surface area contributed by atoms with Crippen molar-refractivity contribution in [1.82, 2.24) is 10.3 Å². The van der Waals surface area contributed by atoms with Crippen LogP contribution in [0.2, 0.25) is 0 Å². The van der Waals surface area contributed by atoms with E-state index in [1.807, 2.05) is 29.6 Å². The number of anilines is 1. The molecule has 0 spiro atoms. The van der Waals surface area contributed by atoms with Gasteiger partial charge in [-0.15, -0.1) is 11.3 Å². The van der Waals surface area contributed by atoms with Crippen molar-refractivity contribution in [2.75, 3.05) is 5.32 Å². The van der Waals surface area contributed by atoms with E-state index in [0.717, 1.165) is 34.8 Å². The van der Waals surface area contributed by atoms with E-state index in [0.29, 0.717) is 6.54 Å². The number of amides is 2. The minimum Gasteiger partial charge on any atom is -0.349 e. The van der Waals surface area contributed by atoms with E-state index in [1.165, 1.54) is 18.3 Å². The molecule has 2 aromatic rings. The van der Waals surface area contributed by atoms with Crippen molar-refractivity contribution in [3.05, 3.63) is 34.7 Å². The number of hydrogen-bond donors (Lipinski definition) is 2. The maximum Gasteiger partial charge on any atom is 0.223 e. The van der Waals surface area contributed by atoms with Gasteiger partial charge < -0.3 is 10.6 Å². The van der Waals surface area contributed by atoms with Crippen LogP contribution in [0.15, 0.2) is 29.6 Å². The lowest BCUT2D eigenvalue weighted by molar-refractivity contribution is -0.122. The lowest BCUT2D eigenvalue weighted by Gasteiger charge is -2.03. The van der Waals surface area contributed by atoms with Crippen LogP contribution in [-0.2, 0) is 16.1 Å². The summed E-state index contributed by atoms with van der Waals surface area (Å²) in [7, 11) is 0. The van der Waals surface area contributed by atoms with E-state index in [4.69, 9.17) is 0 Å². The molecule has 2 N–H and O–H groups in total. The highest BCUT2D eigenvalue weighted by Crippen LogP contribution is 2.29. The van der Waals surface area contributed by atoms with Crippen LogP contribution in [0.1, 0.15) is 24.8 Å². The highest BCUT2D eigenvalue weighted by molar-refractivity contribution is 7.09. The Morgan fingerprint density at radius 2 is 2.00 bits per heavy atom. The number of benzene rings is 1. The van der Waals surface area contributed by atoms with E-state index in [-0.39, 0.29) is 17.7 Å². The highest BCUT2D eigenvalue weighted by atomic mass is 32.1. The van der Waals surface area contributed by atoms with Gasteiger partial charge in [0.05, 0.1) is 12.2 Å². The van der Waals surface area contributed by atoms with E-state index >= 15 is 0 Å². The van der Waals surface area contributed by atoms with Crippen molar-refractivity contribution in [2.24, 2.45) is 5.92 Å². The summed E-state index contributed by atoms with van der Waals surface area (Å²) in [5.41, 5.74) is 2.64. The molecule has 2 amide bonds. The lowest BCUT2D eigenvalue weighted by Crippen LogP contribution is -2.23. The first kappa shape index (κ1) is 14.7. The number of nitrogens with zero attached hydrogens (tertiary/aromatic N) is 1. The molecule has 1 heterocycles. The van der Waals surface area contributed by atoms with Gasteiger partial charge in [-0.2, -0.15) is 0 Å². The van der Waals surface area contributed by atoms with Crippen molar-refractivity contribution in [3.8, 4) is 11.3 Å². The second kappa shape index (κ2) is 6.27. The van der Waals surface area contributed by atoms with Gasteiger partial charge in [-0.25, -0.2) is 4.98 Å². The third-order valence-corrected chi connectivity index (χ3v) is 4.26. The molecule has 3 rings (SSSR count). The topological polar surface area (TPSA) is 71.1 Å². The Morgan fingerprint density at radius 3 is 2.64 bits per heavy atom. The van der Waals surface area contributed by atoms with Gasteiger partial charge in [0.25, 0.3) is 0 Å². The van der Waals surface area contributed by atoms with E-state index < -0.39 is 0 Å². The second-order valence-corrected chi connectivity index (χ2v) is 6.32. The Labute approximate surface area is 132 Å². The Hall–Kier alpha value is -2.21. The molecular formula is C16H17N3O2S. The van der Waals surface area contributed by atoms with Crippen LogP contribution in [-0.4, -0.2) is 16.8 Å². The fourth-order valence-corrected chi connectivity index (χ4v) is 2.85. The third kappa shape index (κ3) is 3.71. The first-order valence-electron chi connectivity index (χ1n) is 7.22. The molecule has 22 heavy (non-hydrogen) atoms. The third-order valence-electron chi connectivity index (χ3n) is 3.41. The number of rotatable bonds is 5. The molecule has 1 saturated carbocycles. The van der Waals surface area contributed by atoms with Crippen LogP contribution in [0.4, 0.5) is 5.69 Å². The Morgan fingerprint density at radius 1 is 1.27 bits per heavy atom. The molecule has 6 heteroatoms. The molecule has 1 aromatic heterocycles. The van der Waals surface area contributed by atoms with Crippen molar-refractivity contribution >= 4 is 28.8 Å². The maximum atomic E-state index is 11.6. The fourth-order valence-electron chi connectivity index (χ4n) is 2.10. The fraction of sp³-hybridized carbons (Fsp3) is 0.312. The monoisotopic (exact) mass is 315 g/mol. The molecule has 1 aliphatic rings. The van der Waals surface area contributed by atoms with Gasteiger partial charge in [-0.3, -0.25) is 9.59 Å². The van der Waals surface area contributed by atoms with Gasteiger partial charge >= 0.3 is 0 Å². The molecule has 1 aromatic carbocycles. The van der Waals surface area contributed by atoms with Gasteiger partial charge in [-0.05, 0) is 25.0 Å². The van der Waals surface area contributed by atoms with Crippen LogP contribution in [0.25, 0.3) is 11.3 Å². The van der Waals surface area contributed by atoms with Crippen molar-refractivity contribution in [1.29, 1.82) is 0 Å². The van der Waals surface area contributed by atoms with Crippen LogP contribution < -0.4 is 10.6 Å². The van der Waals surface area contributed by atoms with Crippen molar-refractivity contribution in [2.45, 2.75) is 26.3 Å². The number of aromatic nitrogens is 1. The standard InChI is InChI=1S/C16H17N3O2S/c1-10(20)18-13-6-4-11(5-7-13)14-9-22-15(19-14)8-17-16(21)12-2-3-12/h4-7,9,12H,2-3,8H2,1H3,(H,17,21)(H,18,20). The Bertz CT molecular complexity index is 690. The minimum atomic E-state index is -0.0879. The molecule has 0 saturated heterocycles. The summed E-state index contributed by atoms with van der Waals surface area (Å²) in [4.78, 5) is 27.1. The SMILES string of the molecule is CC(=O)Nc1ccc(-c2csc(CNC(=O)C3CC3)n2)cc1. The average Bonchev–Trinajstić information content (AvgIpc) is 3.24. The van der Waals surface area contributed by atoms with Crippen LogP contribution in [0.3, 0.4) is 0 Å². The molecule has 0 unspecified atom stereocenters. The molecule has 1 fully saturated rings. The molecule has 1 aliphatic carbocycles. The maximum absolute atomic E-state index is 11.6. The zero-order valence-corrected chi connectivity index (χ0v) is 13.1. The second-order valence-electron chi connectivity index (χ2n) is 5.38. The van der Waals surface area contributed by atoms with Gasteiger partial charge in [0.1, 0.15) is 5.01 Å². The summed E-state index contributed by atoms with van der Waals surface area (Å²) in [5.74, 6) is 0.271. The van der Waals surface area contributed by atoms with Gasteiger partial charge in [0.15, 0.2) is 0 Å². The smallest absolute Gasteiger partial charge is 0.223 e. The van der Waals surface area contributed by atoms with Crippen LogP contribution >= 0.6 is 11.3 Å². The quantitative estimate of drug-likeness (QED) is 0.891. The molecule has 114 valence electrons. The van der Waals surface area contributed by atoms with Crippen molar-refractivity contribution < 1.29 is 9.59 Å². The number of nitrogens with one attached hydrogen (secondary N) is 2. The molecule has 5 nitrogen and oxygen atoms in total. The Balaban J connectivity index is 1.62. The molecule has 0 aliphatic heterocycles. The molecule has 0 atom stereocenters. The van der Waals surface area contributed by atoms with E-state index in [1.54, 1.807) is 0 Å². The molecule has 0 radical (unpaired) electrons. The van der Waals surface area contributed by atoms with Gasteiger partial charge in [0.2, 0.25) is 11.8 Å². The molecule has 0 bridgehead atoms. The first-order valence-corrected chi connectivity index (χ1v) is 8.10. The summed E-state index contributed by atoms with van der Waals surface area (Å²) in [6.07, 6.45) is 2.02. The lowest BCUT2D eigenvalue weighted by atomic mass is 10.1. The number of carbonyl (C=O) groups is 2. The summed E-state index contributed by atoms with van der Waals surface area (Å²) in [6.45, 7) is 1.97. The Kier molecular flexibility index (Phi) is 4.20. The van der Waals surface area contributed by atoms with Crippen LogP contribution in [0, 0.1) is 5.92 Å². The number of thiazole rings is 1. The van der Waals surface area contributed by atoms with E-state index in [2.05, 4.69) is 15.6 Å². The van der Waals surface area contributed by atoms with Crippen molar-refractivity contribution in [3.63, 3.8) is 0 Å². The summed E-state index contributed by atoms with van der Waals surface area (Å²) in [5, 5.41) is 8.53. The minimum absolute atomic E-state index is 0.0879. The predicted octanol–water partition coefficient (Wildman–Crippen LogP) is 2.79. The summed E-state index contributed by atoms with van der Waals surface area (Å²) in [6, 6.07) is 7.55. The average molecular weight is 315 g/mol. The van der Waals surface area contributed by atoms with Gasteiger partial charge in [-0.1, -0.05) is 12.1 Å². The highest BCUT2D eigenvalue weighted by Gasteiger charge is 2.29. The number of hydrogen-bond acceptors (Lipinski definition) is 4. The molecular weight excluding hydrogens is 298 g/mol. The largest absolute Gasteiger partial charge is 0.349 e. The van der Waals surface area contributed by atoms with E-state index in [9.17, 15) is 9.59 Å². The van der Waals surface area contributed by atoms with Crippen LogP contribution in [0.5, 0.6) is 0 Å². The zero-order valence-electron chi connectivity index (χ0n) is 12.3. The first-order chi connectivity index (χ1) is 10.6.